The summed E-state index contributed by atoms with van der Waals surface area (Å²) in [6.07, 6.45) is 0.478. The van der Waals surface area contributed by atoms with Crippen molar-refractivity contribution in [2.75, 3.05) is 6.61 Å². The number of alkyl halides is 4. The molecule has 0 heterocycles. The molecular weight excluding hydrogens is 353 g/mol. The van der Waals surface area contributed by atoms with Crippen LogP contribution in [-0.2, 0) is 22.1 Å². The molecule has 0 radical (unpaired) electrons. The van der Waals surface area contributed by atoms with Crippen molar-refractivity contribution in [2.45, 2.75) is 69.3 Å². The van der Waals surface area contributed by atoms with Gasteiger partial charge in [-0.15, -0.1) is 11.6 Å². The largest absolute Gasteiger partial charge is 0.466 e. The van der Waals surface area contributed by atoms with Gasteiger partial charge in [0.15, 0.2) is 0 Å². The Balaban J connectivity index is 2.16. The van der Waals surface area contributed by atoms with Crippen molar-refractivity contribution in [1.29, 1.82) is 0 Å². The molecule has 25 heavy (non-hydrogen) atoms. The minimum atomic E-state index is -4.38. The molecule has 1 saturated carbocycles. The van der Waals surface area contributed by atoms with Gasteiger partial charge in [0.25, 0.3) is 0 Å². The highest BCUT2D eigenvalue weighted by Gasteiger charge is 2.35. The minimum Gasteiger partial charge on any atom is -0.466 e. The van der Waals surface area contributed by atoms with Gasteiger partial charge in [-0.05, 0) is 49.3 Å². The fourth-order valence-corrected chi connectivity index (χ4v) is 3.78. The standard InChI is InChI=1S/C19H24ClF3O2/c1-2-25-18(24)12-15(20)10-13-8-9-16(14-6-4-3-5-7-14)17(11-13)19(21,22)23/h8-9,11,14-15H,2-7,10,12H2,1H3. The molecule has 140 valence electrons. The maximum atomic E-state index is 13.5. The van der Waals surface area contributed by atoms with Gasteiger partial charge < -0.3 is 4.74 Å². The average molecular weight is 377 g/mol. The molecule has 0 aromatic heterocycles. The SMILES string of the molecule is CCOC(=O)CC(Cl)Cc1ccc(C2CCCCC2)c(C(F)(F)F)c1. The Hall–Kier alpha value is -1.23. The van der Waals surface area contributed by atoms with Gasteiger partial charge in [-0.1, -0.05) is 31.4 Å². The van der Waals surface area contributed by atoms with Crippen LogP contribution in [0.2, 0.25) is 0 Å². The fraction of sp³-hybridized carbons (Fsp3) is 0.632. The Labute approximate surface area is 151 Å². The molecule has 2 rings (SSSR count). The fourth-order valence-electron chi connectivity index (χ4n) is 3.47. The van der Waals surface area contributed by atoms with Crippen molar-refractivity contribution in [3.63, 3.8) is 0 Å². The topological polar surface area (TPSA) is 26.3 Å². The summed E-state index contributed by atoms with van der Waals surface area (Å²) in [4.78, 5) is 11.4. The van der Waals surface area contributed by atoms with Gasteiger partial charge in [-0.2, -0.15) is 13.2 Å². The highest BCUT2D eigenvalue weighted by atomic mass is 35.5. The Morgan fingerprint density at radius 2 is 1.96 bits per heavy atom. The Bertz CT molecular complexity index is 581. The van der Waals surface area contributed by atoms with Gasteiger partial charge in [0.05, 0.1) is 18.6 Å². The van der Waals surface area contributed by atoms with Gasteiger partial charge >= 0.3 is 12.1 Å². The van der Waals surface area contributed by atoms with E-state index in [1.54, 1.807) is 19.1 Å². The summed E-state index contributed by atoms with van der Waals surface area (Å²) in [5, 5.41) is -0.583. The normalized spacial score (nSPS) is 17.3. The lowest BCUT2D eigenvalue weighted by Gasteiger charge is -2.26. The third-order valence-corrected chi connectivity index (χ3v) is 4.93. The van der Waals surface area contributed by atoms with Crippen LogP contribution in [0.15, 0.2) is 18.2 Å². The van der Waals surface area contributed by atoms with Crippen molar-refractivity contribution in [3.8, 4) is 0 Å². The Kier molecular flexibility index (Phi) is 7.17. The summed E-state index contributed by atoms with van der Waals surface area (Å²) in [7, 11) is 0. The molecule has 1 aliphatic rings. The van der Waals surface area contributed by atoms with Gasteiger partial charge in [0.2, 0.25) is 0 Å². The van der Waals surface area contributed by atoms with Crippen molar-refractivity contribution in [3.05, 3.63) is 34.9 Å². The predicted molar refractivity (Wildman–Crippen MR) is 91.9 cm³/mol. The third-order valence-electron chi connectivity index (χ3n) is 4.62. The second-order valence-corrected chi connectivity index (χ2v) is 7.18. The van der Waals surface area contributed by atoms with Crippen molar-refractivity contribution >= 4 is 17.6 Å². The summed E-state index contributed by atoms with van der Waals surface area (Å²) >= 11 is 6.12. The third kappa shape index (κ3) is 5.91. The first kappa shape index (κ1) is 20.1. The van der Waals surface area contributed by atoms with Crippen molar-refractivity contribution in [1.82, 2.24) is 0 Å². The van der Waals surface area contributed by atoms with Gasteiger partial charge in [-0.3, -0.25) is 4.79 Å². The van der Waals surface area contributed by atoms with Crippen LogP contribution in [0, 0.1) is 0 Å². The number of rotatable bonds is 6. The van der Waals surface area contributed by atoms with E-state index in [0.717, 1.165) is 32.1 Å². The van der Waals surface area contributed by atoms with E-state index in [0.29, 0.717) is 11.1 Å². The van der Waals surface area contributed by atoms with E-state index in [-0.39, 0.29) is 25.4 Å². The van der Waals surface area contributed by atoms with Crippen LogP contribution in [0.25, 0.3) is 0 Å². The van der Waals surface area contributed by atoms with Crippen LogP contribution in [0.3, 0.4) is 0 Å². The zero-order valence-electron chi connectivity index (χ0n) is 14.4. The number of benzene rings is 1. The van der Waals surface area contributed by atoms with Crippen LogP contribution in [0.1, 0.15) is 68.1 Å². The summed E-state index contributed by atoms with van der Waals surface area (Å²) in [5.74, 6) is -0.455. The molecule has 0 bridgehead atoms. The zero-order chi connectivity index (χ0) is 18.4. The van der Waals surface area contributed by atoms with Crippen LogP contribution in [0.4, 0.5) is 13.2 Å². The van der Waals surface area contributed by atoms with E-state index in [9.17, 15) is 18.0 Å². The minimum absolute atomic E-state index is 0.0128. The molecular formula is C19H24ClF3O2. The summed E-state index contributed by atoms with van der Waals surface area (Å²) < 4.78 is 45.4. The van der Waals surface area contributed by atoms with Crippen LogP contribution >= 0.6 is 11.6 Å². The summed E-state index contributed by atoms with van der Waals surface area (Å²) in [5.41, 5.74) is 0.334. The molecule has 1 aliphatic carbocycles. The van der Waals surface area contributed by atoms with E-state index in [4.69, 9.17) is 16.3 Å². The predicted octanol–water partition coefficient (Wildman–Crippen LogP) is 5.86. The maximum absolute atomic E-state index is 13.5. The first-order valence-electron chi connectivity index (χ1n) is 8.81. The molecule has 0 amide bonds. The zero-order valence-corrected chi connectivity index (χ0v) is 15.1. The number of esters is 1. The lowest BCUT2D eigenvalue weighted by atomic mass is 9.81. The first-order valence-corrected chi connectivity index (χ1v) is 9.24. The van der Waals surface area contributed by atoms with Crippen molar-refractivity contribution < 1.29 is 22.7 Å². The van der Waals surface area contributed by atoms with E-state index in [2.05, 4.69) is 0 Å². The van der Waals surface area contributed by atoms with E-state index < -0.39 is 23.1 Å². The van der Waals surface area contributed by atoms with Crippen molar-refractivity contribution in [2.24, 2.45) is 0 Å². The molecule has 1 atom stereocenters. The Morgan fingerprint density at radius 1 is 1.28 bits per heavy atom. The molecule has 0 aliphatic heterocycles. The molecule has 1 aromatic rings. The number of ether oxygens (including phenoxy) is 1. The number of halogens is 4. The molecule has 6 heteroatoms. The second kappa shape index (κ2) is 8.93. The monoisotopic (exact) mass is 376 g/mol. The average Bonchev–Trinajstić information content (AvgIpc) is 2.55. The molecule has 1 unspecified atom stereocenters. The molecule has 1 aromatic carbocycles. The molecule has 2 nitrogen and oxygen atoms in total. The highest BCUT2D eigenvalue weighted by Crippen LogP contribution is 2.41. The van der Waals surface area contributed by atoms with Crippen LogP contribution < -0.4 is 0 Å². The Morgan fingerprint density at radius 3 is 2.56 bits per heavy atom. The van der Waals surface area contributed by atoms with Crippen LogP contribution in [-0.4, -0.2) is 18.0 Å². The lowest BCUT2D eigenvalue weighted by molar-refractivity contribution is -0.143. The smallest absolute Gasteiger partial charge is 0.416 e. The maximum Gasteiger partial charge on any atom is 0.416 e. The molecule has 0 saturated heterocycles. The van der Waals surface area contributed by atoms with Gasteiger partial charge in [0, 0.05) is 5.38 Å². The second-order valence-electron chi connectivity index (χ2n) is 6.56. The number of carbonyl (C=O) groups is 1. The van der Waals surface area contributed by atoms with Gasteiger partial charge in [0.1, 0.15) is 0 Å². The summed E-state index contributed by atoms with van der Waals surface area (Å²) in [6, 6.07) is 4.51. The van der Waals surface area contributed by atoms with E-state index in [1.165, 1.54) is 6.07 Å². The number of carbonyl (C=O) groups excluding carboxylic acids is 1. The van der Waals surface area contributed by atoms with E-state index in [1.807, 2.05) is 0 Å². The lowest BCUT2D eigenvalue weighted by Crippen LogP contribution is -2.16. The first-order chi connectivity index (χ1) is 11.8. The number of hydrogen-bond acceptors (Lipinski definition) is 2. The van der Waals surface area contributed by atoms with Crippen LogP contribution in [0.5, 0.6) is 0 Å². The number of hydrogen-bond donors (Lipinski definition) is 0. The highest BCUT2D eigenvalue weighted by molar-refractivity contribution is 6.21. The molecule has 0 N–H and O–H groups in total. The quantitative estimate of drug-likeness (QED) is 0.459. The van der Waals surface area contributed by atoms with Gasteiger partial charge in [-0.25, -0.2) is 0 Å². The molecule has 0 spiro atoms. The van der Waals surface area contributed by atoms with E-state index >= 15 is 0 Å². The molecule has 1 fully saturated rings. The summed E-state index contributed by atoms with van der Waals surface area (Å²) in [6.45, 7) is 1.96.